The second-order valence-electron chi connectivity index (χ2n) is 5.69. The summed E-state index contributed by atoms with van der Waals surface area (Å²) in [7, 11) is -2.21. The number of hydrogen-bond donors (Lipinski definition) is 1. The van der Waals surface area contributed by atoms with Crippen molar-refractivity contribution in [2.75, 3.05) is 20.2 Å². The molecule has 0 amide bonds. The van der Waals surface area contributed by atoms with Gasteiger partial charge in [0.1, 0.15) is 10.6 Å². The lowest BCUT2D eigenvalue weighted by molar-refractivity contribution is 0.331. The molecule has 2 heterocycles. The van der Waals surface area contributed by atoms with Gasteiger partial charge in [-0.25, -0.2) is 8.42 Å². The highest BCUT2D eigenvalue weighted by Gasteiger charge is 2.43. The third-order valence-electron chi connectivity index (χ3n) is 4.44. The Kier molecular flexibility index (Phi) is 4.08. The molecular formula is C15H19N3O3S. The van der Waals surface area contributed by atoms with Crippen LogP contribution in [0.1, 0.15) is 24.8 Å². The van der Waals surface area contributed by atoms with Gasteiger partial charge in [-0.05, 0) is 44.0 Å². The van der Waals surface area contributed by atoms with Crippen LogP contribution in [0.2, 0.25) is 0 Å². The van der Waals surface area contributed by atoms with Crippen LogP contribution in [0.5, 0.6) is 5.75 Å². The number of nitrogens with one attached hydrogen (secondary N) is 1. The van der Waals surface area contributed by atoms with Crippen LogP contribution in [0.3, 0.4) is 0 Å². The van der Waals surface area contributed by atoms with Gasteiger partial charge in [-0.3, -0.25) is 0 Å². The smallest absolute Gasteiger partial charge is 0.247 e. The van der Waals surface area contributed by atoms with Crippen LogP contribution in [0.15, 0.2) is 23.1 Å². The predicted octanol–water partition coefficient (Wildman–Crippen LogP) is 1.08. The Morgan fingerprint density at radius 2 is 2.09 bits per heavy atom. The summed E-state index contributed by atoms with van der Waals surface area (Å²) in [5.74, 6) is 0.232. The van der Waals surface area contributed by atoms with E-state index in [2.05, 4.69) is 5.32 Å². The number of hydrogen-bond acceptors (Lipinski definition) is 5. The molecule has 1 N–H and O–H groups in total. The van der Waals surface area contributed by atoms with Gasteiger partial charge in [-0.2, -0.15) is 9.57 Å². The maximum absolute atomic E-state index is 13.1. The topological polar surface area (TPSA) is 82.4 Å². The fourth-order valence-electron chi connectivity index (χ4n) is 3.39. The van der Waals surface area contributed by atoms with Crippen LogP contribution in [-0.4, -0.2) is 45.0 Å². The minimum Gasteiger partial charge on any atom is -0.495 e. The third-order valence-corrected chi connectivity index (χ3v) is 6.48. The van der Waals surface area contributed by atoms with Crippen molar-refractivity contribution in [3.63, 3.8) is 0 Å². The zero-order chi connectivity index (χ0) is 15.7. The number of fused-ring (bicyclic) bond motifs is 2. The second kappa shape index (κ2) is 5.88. The van der Waals surface area contributed by atoms with Gasteiger partial charge in [0.15, 0.2) is 0 Å². The molecule has 22 heavy (non-hydrogen) atoms. The lowest BCUT2D eigenvalue weighted by Crippen LogP contribution is -2.42. The summed E-state index contributed by atoms with van der Waals surface area (Å²) in [6.07, 6.45) is 2.62. The molecule has 0 spiro atoms. The van der Waals surface area contributed by atoms with E-state index in [1.807, 2.05) is 6.07 Å². The maximum atomic E-state index is 13.1. The Bertz CT molecular complexity index is 697. The first-order chi connectivity index (χ1) is 10.6. The van der Waals surface area contributed by atoms with E-state index in [4.69, 9.17) is 10.00 Å². The van der Waals surface area contributed by atoms with Crippen molar-refractivity contribution in [2.45, 2.75) is 36.2 Å². The summed E-state index contributed by atoms with van der Waals surface area (Å²) in [6, 6.07) is 6.52. The fraction of sp³-hybridized carbons (Fsp3) is 0.533. The molecule has 0 aliphatic carbocycles. The first-order valence-electron chi connectivity index (χ1n) is 7.40. The highest BCUT2D eigenvalue weighted by atomic mass is 32.2. The van der Waals surface area contributed by atoms with Crippen molar-refractivity contribution in [3.8, 4) is 11.8 Å². The molecule has 7 heteroatoms. The Labute approximate surface area is 130 Å². The monoisotopic (exact) mass is 321 g/mol. The highest BCUT2D eigenvalue weighted by molar-refractivity contribution is 7.89. The van der Waals surface area contributed by atoms with Crippen molar-refractivity contribution in [3.05, 3.63) is 23.8 Å². The van der Waals surface area contributed by atoms with Gasteiger partial charge in [-0.1, -0.05) is 0 Å². The molecular weight excluding hydrogens is 302 g/mol. The van der Waals surface area contributed by atoms with Crippen molar-refractivity contribution in [2.24, 2.45) is 0 Å². The van der Waals surface area contributed by atoms with E-state index in [0.29, 0.717) is 12.1 Å². The summed E-state index contributed by atoms with van der Waals surface area (Å²) < 4.78 is 33.1. The number of methoxy groups -OCH3 is 1. The Hall–Kier alpha value is -1.62. The number of nitrogens with zero attached hydrogens (tertiary/aromatic N) is 2. The Balaban J connectivity index is 2.05. The summed E-state index contributed by atoms with van der Waals surface area (Å²) in [6.45, 7) is 1.53. The molecule has 0 aromatic heterocycles. The van der Waals surface area contributed by atoms with E-state index < -0.39 is 10.0 Å². The molecule has 2 aliphatic rings. The highest BCUT2D eigenvalue weighted by Crippen LogP contribution is 2.36. The van der Waals surface area contributed by atoms with Crippen LogP contribution < -0.4 is 10.1 Å². The minimum absolute atomic E-state index is 0.00199. The Morgan fingerprint density at radius 1 is 1.32 bits per heavy atom. The zero-order valence-corrected chi connectivity index (χ0v) is 13.3. The van der Waals surface area contributed by atoms with Gasteiger partial charge in [0.25, 0.3) is 0 Å². The number of sulfonamides is 1. The summed E-state index contributed by atoms with van der Waals surface area (Å²) in [4.78, 5) is 0.146. The third kappa shape index (κ3) is 2.47. The molecule has 2 unspecified atom stereocenters. The van der Waals surface area contributed by atoms with Crippen LogP contribution in [0, 0.1) is 11.3 Å². The van der Waals surface area contributed by atoms with Crippen molar-refractivity contribution >= 4 is 10.0 Å². The van der Waals surface area contributed by atoms with Crippen LogP contribution >= 0.6 is 0 Å². The predicted molar refractivity (Wildman–Crippen MR) is 81.0 cm³/mol. The molecule has 6 nitrogen and oxygen atoms in total. The van der Waals surface area contributed by atoms with E-state index in [1.165, 1.54) is 25.3 Å². The van der Waals surface area contributed by atoms with Crippen molar-refractivity contribution in [1.82, 2.24) is 9.62 Å². The first-order valence-corrected chi connectivity index (χ1v) is 8.84. The molecule has 0 radical (unpaired) electrons. The molecule has 2 fully saturated rings. The summed E-state index contributed by atoms with van der Waals surface area (Å²) in [5, 5.41) is 12.3. The lowest BCUT2D eigenvalue weighted by atomic mass is 10.1. The normalized spacial score (nSPS) is 25.5. The van der Waals surface area contributed by atoms with Crippen molar-refractivity contribution in [1.29, 1.82) is 5.26 Å². The van der Waals surface area contributed by atoms with Gasteiger partial charge < -0.3 is 10.1 Å². The Morgan fingerprint density at radius 3 is 2.82 bits per heavy atom. The van der Waals surface area contributed by atoms with Gasteiger partial charge in [0.05, 0.1) is 18.7 Å². The summed E-state index contributed by atoms with van der Waals surface area (Å²) >= 11 is 0. The molecule has 2 atom stereocenters. The average molecular weight is 321 g/mol. The maximum Gasteiger partial charge on any atom is 0.247 e. The van der Waals surface area contributed by atoms with Gasteiger partial charge in [0, 0.05) is 18.6 Å². The van der Waals surface area contributed by atoms with Gasteiger partial charge in [0.2, 0.25) is 10.0 Å². The molecule has 2 aliphatic heterocycles. The average Bonchev–Trinajstić information content (AvgIpc) is 2.80. The number of nitriles is 1. The molecule has 1 aromatic rings. The van der Waals surface area contributed by atoms with E-state index in [1.54, 1.807) is 4.31 Å². The van der Waals surface area contributed by atoms with E-state index in [0.717, 1.165) is 25.8 Å². The van der Waals surface area contributed by atoms with Crippen molar-refractivity contribution < 1.29 is 13.2 Å². The molecule has 2 bridgehead atoms. The van der Waals surface area contributed by atoms with Crippen LogP contribution in [0.4, 0.5) is 0 Å². The quantitative estimate of drug-likeness (QED) is 0.901. The second-order valence-corrected chi connectivity index (χ2v) is 7.50. The zero-order valence-electron chi connectivity index (χ0n) is 12.4. The molecule has 3 rings (SSSR count). The molecule has 2 saturated heterocycles. The number of benzene rings is 1. The van der Waals surface area contributed by atoms with E-state index >= 15 is 0 Å². The van der Waals surface area contributed by atoms with Crippen LogP contribution in [0.25, 0.3) is 0 Å². The minimum atomic E-state index is -3.63. The lowest BCUT2D eigenvalue weighted by Gasteiger charge is -2.27. The van der Waals surface area contributed by atoms with E-state index in [-0.39, 0.29) is 22.7 Å². The standard InChI is InChI=1S/C15H19N3O3S/c1-21-14-8-11(9-16)2-5-15(14)22(19,20)18-12-3-4-13(18)10-17-7-6-12/h2,5,8,12-13,17H,3-4,6-7,10H2,1H3. The van der Waals surface area contributed by atoms with E-state index in [9.17, 15) is 8.42 Å². The fourth-order valence-corrected chi connectivity index (χ4v) is 5.43. The molecule has 1 aromatic carbocycles. The first kappa shape index (κ1) is 15.3. The summed E-state index contributed by atoms with van der Waals surface area (Å²) in [5.41, 5.74) is 0.385. The SMILES string of the molecule is COc1cc(C#N)ccc1S(=O)(=O)N1C2CCNCC1CC2. The van der Waals surface area contributed by atoms with Crippen LogP contribution in [-0.2, 0) is 10.0 Å². The molecule has 118 valence electrons. The number of rotatable bonds is 3. The number of ether oxygens (including phenoxy) is 1. The largest absolute Gasteiger partial charge is 0.495 e. The van der Waals surface area contributed by atoms with Gasteiger partial charge in [-0.15, -0.1) is 0 Å². The molecule has 0 saturated carbocycles. The van der Waals surface area contributed by atoms with Gasteiger partial charge >= 0.3 is 0 Å².